The lowest BCUT2D eigenvalue weighted by Crippen LogP contribution is -2.02. The molecule has 1 aromatic rings. The predicted octanol–water partition coefficient (Wildman–Crippen LogP) is 2.38. The zero-order valence-electron chi connectivity index (χ0n) is 8.72. The molecule has 1 aliphatic rings. The monoisotopic (exact) mass is 190 g/mol. The SMILES string of the molecule is Cc1cc2c(c(C)c1O)C[C@@H](C)C2=O. The lowest BCUT2D eigenvalue weighted by atomic mass is 10.00. The molecular weight excluding hydrogens is 176 g/mol. The lowest BCUT2D eigenvalue weighted by Gasteiger charge is -2.08. The van der Waals surface area contributed by atoms with Gasteiger partial charge in [0.15, 0.2) is 5.78 Å². The number of carbonyl (C=O) groups excluding carboxylic acids is 1. The van der Waals surface area contributed by atoms with Gasteiger partial charge in [-0.2, -0.15) is 0 Å². The highest BCUT2D eigenvalue weighted by Crippen LogP contribution is 2.35. The Bertz CT molecular complexity index is 419. The number of ketones is 1. The van der Waals surface area contributed by atoms with Crippen molar-refractivity contribution in [1.82, 2.24) is 0 Å². The summed E-state index contributed by atoms with van der Waals surface area (Å²) < 4.78 is 0. The van der Waals surface area contributed by atoms with Crippen LogP contribution in [0.4, 0.5) is 0 Å². The van der Waals surface area contributed by atoms with Crippen LogP contribution in [-0.4, -0.2) is 10.9 Å². The molecule has 0 spiro atoms. The first-order valence-electron chi connectivity index (χ1n) is 4.88. The molecule has 2 rings (SSSR count). The quantitative estimate of drug-likeness (QED) is 0.682. The van der Waals surface area contributed by atoms with Gasteiger partial charge in [-0.25, -0.2) is 0 Å². The molecule has 1 aromatic carbocycles. The van der Waals surface area contributed by atoms with Crippen LogP contribution in [0.5, 0.6) is 5.75 Å². The largest absolute Gasteiger partial charge is 0.507 e. The van der Waals surface area contributed by atoms with Crippen LogP contribution < -0.4 is 0 Å². The fourth-order valence-electron chi connectivity index (χ4n) is 2.16. The number of phenols is 1. The third-order valence-electron chi connectivity index (χ3n) is 3.09. The van der Waals surface area contributed by atoms with Gasteiger partial charge in [0.25, 0.3) is 0 Å². The number of aryl methyl sites for hydroxylation is 1. The molecule has 0 saturated heterocycles. The summed E-state index contributed by atoms with van der Waals surface area (Å²) >= 11 is 0. The van der Waals surface area contributed by atoms with Gasteiger partial charge in [-0.15, -0.1) is 0 Å². The Morgan fingerprint density at radius 3 is 2.71 bits per heavy atom. The van der Waals surface area contributed by atoms with E-state index in [1.165, 1.54) is 0 Å². The first-order chi connectivity index (χ1) is 6.52. The Morgan fingerprint density at radius 1 is 1.43 bits per heavy atom. The topological polar surface area (TPSA) is 37.3 Å². The van der Waals surface area contributed by atoms with Gasteiger partial charge < -0.3 is 5.11 Å². The van der Waals surface area contributed by atoms with Crippen molar-refractivity contribution in [1.29, 1.82) is 0 Å². The first-order valence-corrected chi connectivity index (χ1v) is 4.88. The number of fused-ring (bicyclic) bond motifs is 1. The zero-order chi connectivity index (χ0) is 10.5. The number of carbonyl (C=O) groups is 1. The third kappa shape index (κ3) is 1.07. The maximum absolute atomic E-state index is 11.7. The minimum atomic E-state index is 0.0740. The van der Waals surface area contributed by atoms with Gasteiger partial charge in [0.1, 0.15) is 5.75 Å². The van der Waals surface area contributed by atoms with Crippen molar-refractivity contribution in [2.24, 2.45) is 5.92 Å². The predicted molar refractivity (Wildman–Crippen MR) is 54.8 cm³/mol. The van der Waals surface area contributed by atoms with Gasteiger partial charge in [-0.3, -0.25) is 4.79 Å². The molecule has 1 N–H and O–H groups in total. The molecule has 1 atom stereocenters. The summed E-state index contributed by atoms with van der Waals surface area (Å²) in [4.78, 5) is 11.7. The minimum absolute atomic E-state index is 0.0740. The summed E-state index contributed by atoms with van der Waals surface area (Å²) in [5, 5.41) is 9.73. The molecule has 0 aromatic heterocycles. The molecule has 14 heavy (non-hydrogen) atoms. The van der Waals surface area contributed by atoms with Crippen LogP contribution >= 0.6 is 0 Å². The van der Waals surface area contributed by atoms with Crippen LogP contribution in [0.25, 0.3) is 0 Å². The van der Waals surface area contributed by atoms with Crippen LogP contribution in [0, 0.1) is 19.8 Å². The highest BCUT2D eigenvalue weighted by molar-refractivity contribution is 6.02. The summed E-state index contributed by atoms with van der Waals surface area (Å²) in [6.07, 6.45) is 0.772. The number of aromatic hydroxyl groups is 1. The summed E-state index contributed by atoms with van der Waals surface area (Å²) in [7, 11) is 0. The zero-order valence-corrected chi connectivity index (χ0v) is 8.72. The Balaban J connectivity index is 2.70. The lowest BCUT2D eigenvalue weighted by molar-refractivity contribution is 0.0946. The smallest absolute Gasteiger partial charge is 0.166 e. The van der Waals surface area contributed by atoms with E-state index < -0.39 is 0 Å². The average Bonchev–Trinajstić information content (AvgIpc) is 2.42. The van der Waals surface area contributed by atoms with Crippen LogP contribution in [0.1, 0.15) is 34.0 Å². The molecule has 0 radical (unpaired) electrons. The first kappa shape index (κ1) is 9.25. The molecule has 0 aliphatic heterocycles. The molecule has 0 fully saturated rings. The second kappa shape index (κ2) is 2.84. The maximum Gasteiger partial charge on any atom is 0.166 e. The van der Waals surface area contributed by atoms with E-state index in [0.29, 0.717) is 5.75 Å². The maximum atomic E-state index is 11.7. The molecule has 2 heteroatoms. The van der Waals surface area contributed by atoms with Crippen molar-refractivity contribution in [3.63, 3.8) is 0 Å². The molecule has 0 bridgehead atoms. The number of hydrogen-bond acceptors (Lipinski definition) is 2. The average molecular weight is 190 g/mol. The van der Waals surface area contributed by atoms with Gasteiger partial charge in [-0.05, 0) is 43.0 Å². The second-order valence-electron chi connectivity index (χ2n) is 4.16. The van der Waals surface area contributed by atoms with Gasteiger partial charge >= 0.3 is 0 Å². The van der Waals surface area contributed by atoms with E-state index in [2.05, 4.69) is 0 Å². The molecule has 0 unspecified atom stereocenters. The Labute approximate surface area is 83.6 Å². The summed E-state index contributed by atoms with van der Waals surface area (Å²) in [6, 6.07) is 1.81. The number of rotatable bonds is 0. The molecule has 1 aliphatic carbocycles. The molecule has 0 saturated carbocycles. The molecule has 74 valence electrons. The Morgan fingerprint density at radius 2 is 2.07 bits per heavy atom. The molecule has 0 amide bonds. The number of benzene rings is 1. The highest BCUT2D eigenvalue weighted by atomic mass is 16.3. The van der Waals surface area contributed by atoms with Gasteiger partial charge in [0, 0.05) is 11.5 Å². The molecule has 2 nitrogen and oxygen atoms in total. The third-order valence-corrected chi connectivity index (χ3v) is 3.09. The van der Waals surface area contributed by atoms with Crippen molar-refractivity contribution in [3.05, 3.63) is 28.3 Å². The van der Waals surface area contributed by atoms with Crippen molar-refractivity contribution in [2.45, 2.75) is 27.2 Å². The molecular formula is C12H14O2. The second-order valence-corrected chi connectivity index (χ2v) is 4.16. The van der Waals surface area contributed by atoms with Crippen LogP contribution in [0.3, 0.4) is 0 Å². The van der Waals surface area contributed by atoms with E-state index in [4.69, 9.17) is 0 Å². The van der Waals surface area contributed by atoms with Gasteiger partial charge in [0.05, 0.1) is 0 Å². The van der Waals surface area contributed by atoms with E-state index in [-0.39, 0.29) is 11.7 Å². The fraction of sp³-hybridized carbons (Fsp3) is 0.417. The Hall–Kier alpha value is -1.31. The van der Waals surface area contributed by atoms with Crippen LogP contribution in [-0.2, 0) is 6.42 Å². The van der Waals surface area contributed by atoms with Crippen molar-refractivity contribution >= 4 is 5.78 Å². The van der Waals surface area contributed by atoms with Gasteiger partial charge in [0.2, 0.25) is 0 Å². The Kier molecular flexibility index (Phi) is 1.88. The van der Waals surface area contributed by atoms with Crippen molar-refractivity contribution in [2.75, 3.05) is 0 Å². The summed E-state index contributed by atoms with van der Waals surface area (Å²) in [6.45, 7) is 5.65. The van der Waals surface area contributed by atoms with E-state index in [1.807, 2.05) is 26.8 Å². The normalized spacial score (nSPS) is 19.9. The minimum Gasteiger partial charge on any atom is -0.507 e. The van der Waals surface area contributed by atoms with Crippen LogP contribution in [0.15, 0.2) is 6.07 Å². The van der Waals surface area contributed by atoms with Gasteiger partial charge in [-0.1, -0.05) is 6.92 Å². The molecule has 0 heterocycles. The van der Waals surface area contributed by atoms with E-state index in [0.717, 1.165) is 28.7 Å². The fourth-order valence-corrected chi connectivity index (χ4v) is 2.16. The summed E-state index contributed by atoms with van der Waals surface area (Å²) in [5.41, 5.74) is 3.51. The van der Waals surface area contributed by atoms with Crippen molar-refractivity contribution < 1.29 is 9.90 Å². The number of hydrogen-bond donors (Lipinski definition) is 1. The van der Waals surface area contributed by atoms with E-state index in [1.54, 1.807) is 0 Å². The standard InChI is InChI=1S/C12H14O2/c1-6-5-10-9(8(3)11(6)13)4-7(2)12(10)14/h5,7,13H,4H2,1-3H3/t7-/m1/s1. The van der Waals surface area contributed by atoms with E-state index >= 15 is 0 Å². The van der Waals surface area contributed by atoms with Crippen molar-refractivity contribution in [3.8, 4) is 5.75 Å². The van der Waals surface area contributed by atoms with Crippen LogP contribution in [0.2, 0.25) is 0 Å². The summed E-state index contributed by atoms with van der Waals surface area (Å²) in [5.74, 6) is 0.627. The number of phenolic OH excluding ortho intramolecular Hbond substituents is 1. The van der Waals surface area contributed by atoms with E-state index in [9.17, 15) is 9.90 Å². The number of Topliss-reactive ketones (excluding diaryl/α,β-unsaturated/α-hetero) is 1. The highest BCUT2D eigenvalue weighted by Gasteiger charge is 2.29.